The Labute approximate surface area is 126 Å². The standard InChI is InChI=1S/C15H26O6/c1-3-9-18-13(16)5-7-15(20-11-12-21-15)8-6-14(17)19-10-4-2/h3-12H2,1-2H3. The van der Waals surface area contributed by atoms with E-state index in [0.717, 1.165) is 12.8 Å². The maximum atomic E-state index is 11.6. The number of hydrogen-bond acceptors (Lipinski definition) is 6. The molecule has 0 N–H and O–H groups in total. The van der Waals surface area contributed by atoms with E-state index < -0.39 is 5.79 Å². The van der Waals surface area contributed by atoms with E-state index >= 15 is 0 Å². The second-order valence-corrected chi connectivity index (χ2v) is 5.05. The summed E-state index contributed by atoms with van der Waals surface area (Å²) in [6.45, 7) is 5.70. The first-order valence-corrected chi connectivity index (χ1v) is 7.71. The van der Waals surface area contributed by atoms with Gasteiger partial charge in [0, 0.05) is 12.8 Å². The van der Waals surface area contributed by atoms with Crippen molar-refractivity contribution in [3.05, 3.63) is 0 Å². The molecule has 6 nitrogen and oxygen atoms in total. The van der Waals surface area contributed by atoms with Gasteiger partial charge in [0.15, 0.2) is 5.79 Å². The lowest BCUT2D eigenvalue weighted by Gasteiger charge is -2.26. The highest BCUT2D eigenvalue weighted by Gasteiger charge is 2.37. The highest BCUT2D eigenvalue weighted by atomic mass is 16.7. The molecular formula is C15H26O6. The van der Waals surface area contributed by atoms with Crippen LogP contribution in [0.25, 0.3) is 0 Å². The van der Waals surface area contributed by atoms with Crippen LogP contribution < -0.4 is 0 Å². The summed E-state index contributed by atoms with van der Waals surface area (Å²) >= 11 is 0. The van der Waals surface area contributed by atoms with E-state index in [1.165, 1.54) is 0 Å². The van der Waals surface area contributed by atoms with E-state index in [9.17, 15) is 9.59 Å². The van der Waals surface area contributed by atoms with Gasteiger partial charge in [-0.1, -0.05) is 13.8 Å². The maximum absolute atomic E-state index is 11.6. The van der Waals surface area contributed by atoms with Crippen molar-refractivity contribution >= 4 is 11.9 Å². The molecule has 1 aliphatic heterocycles. The van der Waals surface area contributed by atoms with Crippen molar-refractivity contribution in [1.29, 1.82) is 0 Å². The van der Waals surface area contributed by atoms with Gasteiger partial charge in [0.2, 0.25) is 0 Å². The summed E-state index contributed by atoms with van der Waals surface area (Å²) in [5.41, 5.74) is 0. The molecule has 0 aromatic rings. The first kappa shape index (κ1) is 17.9. The Bertz CT molecular complexity index is 296. The molecule has 21 heavy (non-hydrogen) atoms. The van der Waals surface area contributed by atoms with Crippen molar-refractivity contribution in [1.82, 2.24) is 0 Å². The summed E-state index contributed by atoms with van der Waals surface area (Å²) in [7, 11) is 0. The first-order valence-electron chi connectivity index (χ1n) is 7.71. The number of carbonyl (C=O) groups is 2. The molecule has 0 bridgehead atoms. The quantitative estimate of drug-likeness (QED) is 0.576. The highest BCUT2D eigenvalue weighted by Crippen LogP contribution is 2.30. The minimum absolute atomic E-state index is 0.226. The third kappa shape index (κ3) is 6.91. The van der Waals surface area contributed by atoms with E-state index in [4.69, 9.17) is 18.9 Å². The van der Waals surface area contributed by atoms with Crippen LogP contribution in [0.4, 0.5) is 0 Å². The van der Waals surface area contributed by atoms with E-state index in [1.54, 1.807) is 0 Å². The predicted molar refractivity (Wildman–Crippen MR) is 75.6 cm³/mol. The van der Waals surface area contributed by atoms with Gasteiger partial charge in [0.1, 0.15) is 0 Å². The van der Waals surface area contributed by atoms with Gasteiger partial charge in [-0.05, 0) is 12.8 Å². The van der Waals surface area contributed by atoms with Crippen LogP contribution in [-0.4, -0.2) is 44.2 Å². The lowest BCUT2D eigenvalue weighted by Crippen LogP contribution is -2.32. The fraction of sp³-hybridized carbons (Fsp3) is 0.867. The molecule has 1 rings (SSSR count). The van der Waals surface area contributed by atoms with Crippen molar-refractivity contribution < 1.29 is 28.5 Å². The number of carbonyl (C=O) groups excluding carboxylic acids is 2. The van der Waals surface area contributed by atoms with Crippen LogP contribution in [0.2, 0.25) is 0 Å². The topological polar surface area (TPSA) is 71.1 Å². The van der Waals surface area contributed by atoms with E-state index in [2.05, 4.69) is 0 Å². The van der Waals surface area contributed by atoms with Gasteiger partial charge >= 0.3 is 11.9 Å². The normalized spacial score (nSPS) is 16.7. The Morgan fingerprint density at radius 3 is 1.71 bits per heavy atom. The summed E-state index contributed by atoms with van der Waals surface area (Å²) in [5, 5.41) is 0. The average molecular weight is 302 g/mol. The first-order chi connectivity index (χ1) is 10.1. The summed E-state index contributed by atoms with van der Waals surface area (Å²) < 4.78 is 21.3. The minimum atomic E-state index is -0.851. The molecule has 6 heteroatoms. The Balaban J connectivity index is 2.36. The molecule has 0 radical (unpaired) electrons. The summed E-state index contributed by atoms with van der Waals surface area (Å²) in [5.74, 6) is -1.37. The molecule has 1 fully saturated rings. The van der Waals surface area contributed by atoms with E-state index in [0.29, 0.717) is 39.3 Å². The zero-order valence-electron chi connectivity index (χ0n) is 13.0. The van der Waals surface area contributed by atoms with Crippen molar-refractivity contribution in [2.24, 2.45) is 0 Å². The molecule has 1 saturated heterocycles. The molecule has 122 valence electrons. The Kier molecular flexibility index (Phi) is 8.30. The van der Waals surface area contributed by atoms with Crippen LogP contribution >= 0.6 is 0 Å². The average Bonchev–Trinajstić information content (AvgIpc) is 2.96. The zero-order valence-corrected chi connectivity index (χ0v) is 13.0. The van der Waals surface area contributed by atoms with Gasteiger partial charge in [0.05, 0.1) is 39.3 Å². The number of esters is 2. The van der Waals surface area contributed by atoms with Crippen LogP contribution in [0, 0.1) is 0 Å². The number of hydrogen-bond donors (Lipinski definition) is 0. The van der Waals surface area contributed by atoms with Gasteiger partial charge in [-0.2, -0.15) is 0 Å². The monoisotopic (exact) mass is 302 g/mol. The zero-order chi connectivity index (χ0) is 15.6. The second kappa shape index (κ2) is 9.73. The third-order valence-corrected chi connectivity index (χ3v) is 3.17. The second-order valence-electron chi connectivity index (χ2n) is 5.05. The van der Waals surface area contributed by atoms with Gasteiger partial charge < -0.3 is 18.9 Å². The van der Waals surface area contributed by atoms with Crippen molar-refractivity contribution in [2.45, 2.75) is 58.2 Å². The number of rotatable bonds is 10. The molecule has 0 saturated carbocycles. The lowest BCUT2D eigenvalue weighted by molar-refractivity contribution is -0.179. The Morgan fingerprint density at radius 2 is 1.33 bits per heavy atom. The van der Waals surface area contributed by atoms with Gasteiger partial charge in [-0.3, -0.25) is 9.59 Å². The smallest absolute Gasteiger partial charge is 0.305 e. The third-order valence-electron chi connectivity index (χ3n) is 3.17. The highest BCUT2D eigenvalue weighted by molar-refractivity contribution is 5.70. The molecule has 0 spiro atoms. The maximum Gasteiger partial charge on any atom is 0.305 e. The molecule has 0 aliphatic carbocycles. The largest absolute Gasteiger partial charge is 0.466 e. The molecule has 0 amide bonds. The lowest BCUT2D eigenvalue weighted by atomic mass is 10.0. The SMILES string of the molecule is CCCOC(=O)CCC1(CCC(=O)OCCC)OCCO1. The summed E-state index contributed by atoms with van der Waals surface area (Å²) in [4.78, 5) is 23.1. The van der Waals surface area contributed by atoms with Crippen molar-refractivity contribution in [3.8, 4) is 0 Å². The summed E-state index contributed by atoms with van der Waals surface area (Å²) in [6, 6.07) is 0. The molecule has 0 atom stereocenters. The molecule has 0 unspecified atom stereocenters. The van der Waals surface area contributed by atoms with E-state index in [-0.39, 0.29) is 24.8 Å². The van der Waals surface area contributed by atoms with Gasteiger partial charge in [-0.25, -0.2) is 0 Å². The van der Waals surface area contributed by atoms with Gasteiger partial charge in [0.25, 0.3) is 0 Å². The van der Waals surface area contributed by atoms with Crippen molar-refractivity contribution in [2.75, 3.05) is 26.4 Å². The molecule has 1 aliphatic rings. The molecule has 1 heterocycles. The fourth-order valence-electron chi connectivity index (χ4n) is 2.07. The van der Waals surface area contributed by atoms with Crippen LogP contribution in [-0.2, 0) is 28.5 Å². The summed E-state index contributed by atoms with van der Waals surface area (Å²) in [6.07, 6.45) is 2.85. The Hall–Kier alpha value is -1.14. The molecule has 0 aromatic carbocycles. The predicted octanol–water partition coefficient (Wildman–Crippen LogP) is 2.20. The minimum Gasteiger partial charge on any atom is -0.466 e. The van der Waals surface area contributed by atoms with Gasteiger partial charge in [-0.15, -0.1) is 0 Å². The number of ether oxygens (including phenoxy) is 4. The van der Waals surface area contributed by atoms with Crippen LogP contribution in [0.1, 0.15) is 52.4 Å². The fourth-order valence-corrected chi connectivity index (χ4v) is 2.07. The van der Waals surface area contributed by atoms with Crippen LogP contribution in [0.15, 0.2) is 0 Å². The van der Waals surface area contributed by atoms with E-state index in [1.807, 2.05) is 13.8 Å². The Morgan fingerprint density at radius 1 is 0.905 bits per heavy atom. The molecule has 0 aromatic heterocycles. The van der Waals surface area contributed by atoms with Crippen molar-refractivity contribution in [3.63, 3.8) is 0 Å². The molecular weight excluding hydrogens is 276 g/mol. The van der Waals surface area contributed by atoms with Crippen LogP contribution in [0.3, 0.4) is 0 Å². The van der Waals surface area contributed by atoms with Crippen LogP contribution in [0.5, 0.6) is 0 Å².